The van der Waals surface area contributed by atoms with Crippen LogP contribution in [-0.4, -0.2) is 54.5 Å². The summed E-state index contributed by atoms with van der Waals surface area (Å²) in [6, 6.07) is 13.3. The molecule has 0 radical (unpaired) electrons. The molecule has 1 aliphatic heterocycles. The molecule has 8 heteroatoms. The summed E-state index contributed by atoms with van der Waals surface area (Å²) in [4.78, 5) is 31.7. The Morgan fingerprint density at radius 3 is 2.76 bits per heavy atom. The van der Waals surface area contributed by atoms with Crippen LogP contribution < -0.4 is 10.6 Å². The van der Waals surface area contributed by atoms with Crippen LogP contribution >= 0.6 is 0 Å². The van der Waals surface area contributed by atoms with E-state index in [1.54, 1.807) is 19.1 Å². The number of carbonyl (C=O) groups excluding carboxylic acids is 2. The number of anilines is 1. The highest BCUT2D eigenvalue weighted by molar-refractivity contribution is 6.06. The summed E-state index contributed by atoms with van der Waals surface area (Å²) in [6.07, 6.45) is 0.413. The monoisotopic (exact) mass is 450 g/mol. The van der Waals surface area contributed by atoms with Crippen molar-refractivity contribution in [2.24, 2.45) is 0 Å². The van der Waals surface area contributed by atoms with Crippen LogP contribution in [0.1, 0.15) is 28.0 Å². The Morgan fingerprint density at radius 2 is 1.94 bits per heavy atom. The van der Waals surface area contributed by atoms with Gasteiger partial charge in [0.25, 0.3) is 5.91 Å². The molecule has 7 nitrogen and oxygen atoms in total. The number of carbonyl (C=O) groups is 2. The minimum atomic E-state index is -0.393. The van der Waals surface area contributed by atoms with Gasteiger partial charge in [-0.25, -0.2) is 4.39 Å². The molecule has 2 heterocycles. The second-order valence-corrected chi connectivity index (χ2v) is 8.11. The van der Waals surface area contributed by atoms with Crippen LogP contribution in [0.25, 0.3) is 10.9 Å². The van der Waals surface area contributed by atoms with Crippen molar-refractivity contribution in [1.82, 2.24) is 15.2 Å². The predicted molar refractivity (Wildman–Crippen MR) is 125 cm³/mol. The molecule has 33 heavy (non-hydrogen) atoms. The average Bonchev–Trinajstić information content (AvgIpc) is 2.81. The molecule has 2 N–H and O–H groups in total. The zero-order valence-electron chi connectivity index (χ0n) is 18.6. The van der Waals surface area contributed by atoms with Gasteiger partial charge in [-0.05, 0) is 42.8 Å². The van der Waals surface area contributed by atoms with Crippen molar-refractivity contribution < 1.29 is 18.7 Å². The summed E-state index contributed by atoms with van der Waals surface area (Å²) in [7, 11) is 0. The minimum Gasteiger partial charge on any atom is -0.379 e. The van der Waals surface area contributed by atoms with Crippen molar-refractivity contribution in [2.45, 2.75) is 19.9 Å². The van der Waals surface area contributed by atoms with Crippen molar-refractivity contribution in [3.05, 3.63) is 71.2 Å². The molecule has 1 fully saturated rings. The average molecular weight is 451 g/mol. The summed E-state index contributed by atoms with van der Waals surface area (Å²) < 4.78 is 18.9. The zero-order chi connectivity index (χ0) is 23.2. The van der Waals surface area contributed by atoms with Crippen LogP contribution in [0.4, 0.5) is 10.1 Å². The number of ether oxygens (including phenoxy) is 1. The highest BCUT2D eigenvalue weighted by atomic mass is 19.1. The molecule has 0 bridgehead atoms. The molecule has 0 unspecified atom stereocenters. The van der Waals surface area contributed by atoms with Gasteiger partial charge in [0.05, 0.1) is 24.3 Å². The number of hydrogen-bond acceptors (Lipinski definition) is 5. The van der Waals surface area contributed by atoms with Gasteiger partial charge in [-0.2, -0.15) is 0 Å². The number of aromatic nitrogens is 1. The fourth-order valence-electron chi connectivity index (χ4n) is 3.87. The highest BCUT2D eigenvalue weighted by Crippen LogP contribution is 2.20. The van der Waals surface area contributed by atoms with Crippen LogP contribution in [0.2, 0.25) is 0 Å². The van der Waals surface area contributed by atoms with Crippen molar-refractivity contribution in [2.75, 3.05) is 38.2 Å². The van der Waals surface area contributed by atoms with E-state index in [0.717, 1.165) is 18.7 Å². The normalized spacial score (nSPS) is 14.2. The van der Waals surface area contributed by atoms with Crippen molar-refractivity contribution in [3.8, 4) is 0 Å². The second-order valence-electron chi connectivity index (χ2n) is 8.11. The number of nitrogens with zero attached hydrogens (tertiary/aromatic N) is 2. The summed E-state index contributed by atoms with van der Waals surface area (Å²) in [5.41, 5.74) is 3.08. The van der Waals surface area contributed by atoms with Crippen molar-refractivity contribution in [3.63, 3.8) is 0 Å². The molecule has 1 aromatic heterocycles. The topological polar surface area (TPSA) is 83.6 Å². The van der Waals surface area contributed by atoms with Gasteiger partial charge in [0.15, 0.2) is 0 Å². The third-order valence-corrected chi connectivity index (χ3v) is 5.57. The van der Waals surface area contributed by atoms with Crippen LogP contribution in [-0.2, 0) is 16.1 Å². The quantitative estimate of drug-likeness (QED) is 0.577. The van der Waals surface area contributed by atoms with E-state index in [1.165, 1.54) is 12.1 Å². The Bertz CT molecular complexity index is 1160. The standard InChI is InChI=1S/C25H27FN4O3/c1-17-13-22(21-6-5-19(26)15-23(21)28-17)25(32)27-16-18-3-2-4-20(14-18)29-24(31)7-8-30-9-11-33-12-10-30/h2-6,13-15H,7-12,16H2,1H3,(H,27,32)(H,29,31). The van der Waals surface area contributed by atoms with Gasteiger partial charge in [-0.3, -0.25) is 19.5 Å². The molecule has 0 spiro atoms. The lowest BCUT2D eigenvalue weighted by Crippen LogP contribution is -2.38. The number of aryl methyl sites for hydroxylation is 1. The molecule has 1 aliphatic rings. The Balaban J connectivity index is 1.35. The van der Waals surface area contributed by atoms with Gasteiger partial charge in [0.2, 0.25) is 5.91 Å². The largest absolute Gasteiger partial charge is 0.379 e. The molecule has 3 aromatic rings. The van der Waals surface area contributed by atoms with E-state index >= 15 is 0 Å². The number of fused-ring (bicyclic) bond motifs is 1. The maximum absolute atomic E-state index is 13.6. The lowest BCUT2D eigenvalue weighted by molar-refractivity contribution is -0.116. The Morgan fingerprint density at radius 1 is 1.12 bits per heavy atom. The number of rotatable bonds is 7. The van der Waals surface area contributed by atoms with E-state index in [1.807, 2.05) is 24.3 Å². The summed E-state index contributed by atoms with van der Waals surface area (Å²) in [6.45, 7) is 5.89. The first-order valence-electron chi connectivity index (χ1n) is 11.0. The molecule has 0 atom stereocenters. The van der Waals surface area contributed by atoms with Crippen LogP contribution in [0, 0.1) is 12.7 Å². The molecule has 0 aliphatic carbocycles. The number of benzene rings is 2. The zero-order valence-corrected chi connectivity index (χ0v) is 18.6. The van der Waals surface area contributed by atoms with Gasteiger partial charge < -0.3 is 15.4 Å². The summed E-state index contributed by atoms with van der Waals surface area (Å²) in [5, 5.41) is 6.43. The number of amides is 2. The third-order valence-electron chi connectivity index (χ3n) is 5.57. The molecular weight excluding hydrogens is 423 g/mol. The second kappa shape index (κ2) is 10.5. The Kier molecular flexibility index (Phi) is 7.26. The third kappa shape index (κ3) is 6.12. The maximum atomic E-state index is 13.6. The first-order valence-corrected chi connectivity index (χ1v) is 11.0. The van der Waals surface area contributed by atoms with E-state index in [-0.39, 0.29) is 11.8 Å². The predicted octanol–water partition coefficient (Wildman–Crippen LogP) is 3.27. The molecule has 0 saturated carbocycles. The van der Waals surface area contributed by atoms with Gasteiger partial charge >= 0.3 is 0 Å². The molecule has 2 aromatic carbocycles. The summed E-state index contributed by atoms with van der Waals surface area (Å²) in [5.74, 6) is -0.707. The molecule has 2 amide bonds. The fraction of sp³-hybridized carbons (Fsp3) is 0.320. The number of pyridine rings is 1. The molecule has 172 valence electrons. The first kappa shape index (κ1) is 22.8. The van der Waals surface area contributed by atoms with Gasteiger partial charge in [0, 0.05) is 55.4 Å². The van der Waals surface area contributed by atoms with Crippen molar-refractivity contribution >= 4 is 28.4 Å². The lowest BCUT2D eigenvalue weighted by Gasteiger charge is -2.26. The van der Waals surface area contributed by atoms with E-state index < -0.39 is 5.82 Å². The van der Waals surface area contributed by atoms with Gasteiger partial charge in [0.1, 0.15) is 5.82 Å². The van der Waals surface area contributed by atoms with Crippen LogP contribution in [0.5, 0.6) is 0 Å². The van der Waals surface area contributed by atoms with Crippen LogP contribution in [0.3, 0.4) is 0 Å². The van der Waals surface area contributed by atoms with Gasteiger partial charge in [-0.1, -0.05) is 12.1 Å². The molecular formula is C25H27FN4O3. The number of nitrogens with one attached hydrogen (secondary N) is 2. The number of halogens is 1. The molecule has 4 rings (SSSR count). The van der Waals surface area contributed by atoms with Crippen molar-refractivity contribution in [1.29, 1.82) is 0 Å². The van der Waals surface area contributed by atoms with E-state index in [0.29, 0.717) is 60.6 Å². The number of morpholine rings is 1. The first-order chi connectivity index (χ1) is 16.0. The van der Waals surface area contributed by atoms with E-state index in [2.05, 4.69) is 20.5 Å². The Hall–Kier alpha value is -3.36. The maximum Gasteiger partial charge on any atom is 0.252 e. The van der Waals surface area contributed by atoms with Gasteiger partial charge in [-0.15, -0.1) is 0 Å². The lowest BCUT2D eigenvalue weighted by atomic mass is 10.1. The molecule has 1 saturated heterocycles. The Labute approximate surface area is 191 Å². The SMILES string of the molecule is Cc1cc(C(=O)NCc2cccc(NC(=O)CCN3CCOCC3)c2)c2ccc(F)cc2n1. The fourth-order valence-corrected chi connectivity index (χ4v) is 3.87. The summed E-state index contributed by atoms with van der Waals surface area (Å²) >= 11 is 0. The smallest absolute Gasteiger partial charge is 0.252 e. The van der Waals surface area contributed by atoms with E-state index in [4.69, 9.17) is 4.74 Å². The van der Waals surface area contributed by atoms with E-state index in [9.17, 15) is 14.0 Å². The minimum absolute atomic E-state index is 0.0476. The van der Waals surface area contributed by atoms with Crippen LogP contribution in [0.15, 0.2) is 48.5 Å². The number of hydrogen-bond donors (Lipinski definition) is 2. The highest BCUT2D eigenvalue weighted by Gasteiger charge is 2.14.